The fourth-order valence-corrected chi connectivity index (χ4v) is 2.72. The Labute approximate surface area is 127 Å². The van der Waals surface area contributed by atoms with Crippen LogP contribution in [0.4, 0.5) is 5.13 Å². The molecule has 110 valence electrons. The minimum atomic E-state index is -0.282. The highest BCUT2D eigenvalue weighted by molar-refractivity contribution is 7.15. The molecule has 21 heavy (non-hydrogen) atoms. The van der Waals surface area contributed by atoms with E-state index in [2.05, 4.69) is 22.4 Å². The number of hydrogen-bond acceptors (Lipinski definition) is 5. The predicted molar refractivity (Wildman–Crippen MR) is 81.2 cm³/mol. The van der Waals surface area contributed by atoms with Crippen LogP contribution in [0, 0.1) is 11.3 Å². The maximum atomic E-state index is 12.1. The molecule has 0 aliphatic rings. The second-order valence-electron chi connectivity index (χ2n) is 4.75. The van der Waals surface area contributed by atoms with E-state index in [0.29, 0.717) is 16.4 Å². The smallest absolute Gasteiger partial charge is 0.274 e. The fraction of sp³-hybridized carbons (Fsp3) is 0.429. The van der Waals surface area contributed by atoms with Gasteiger partial charge in [-0.3, -0.25) is 10.1 Å². The zero-order valence-corrected chi connectivity index (χ0v) is 12.9. The van der Waals surface area contributed by atoms with Crippen molar-refractivity contribution in [1.82, 2.24) is 14.8 Å². The van der Waals surface area contributed by atoms with Crippen LogP contribution in [-0.2, 0) is 13.5 Å². The second kappa shape index (κ2) is 6.99. The molecule has 0 fully saturated rings. The molecule has 0 bridgehead atoms. The van der Waals surface area contributed by atoms with Crippen molar-refractivity contribution in [3.63, 3.8) is 0 Å². The average molecular weight is 303 g/mol. The van der Waals surface area contributed by atoms with Crippen LogP contribution >= 0.6 is 11.3 Å². The van der Waals surface area contributed by atoms with E-state index in [9.17, 15) is 4.79 Å². The van der Waals surface area contributed by atoms with Crippen molar-refractivity contribution in [2.75, 3.05) is 5.32 Å². The number of unbranched alkanes of at least 4 members (excludes halogenated alkanes) is 2. The SMILES string of the molecule is CCCCCc1nnc(NC(=O)c2cc(C#N)cn2C)s1. The highest BCUT2D eigenvalue weighted by Gasteiger charge is 2.14. The summed E-state index contributed by atoms with van der Waals surface area (Å²) in [7, 11) is 1.73. The van der Waals surface area contributed by atoms with Crippen molar-refractivity contribution in [2.45, 2.75) is 32.6 Å². The van der Waals surface area contributed by atoms with Gasteiger partial charge in [0.1, 0.15) is 16.8 Å². The third-order valence-corrected chi connectivity index (χ3v) is 3.95. The summed E-state index contributed by atoms with van der Waals surface area (Å²) in [5, 5.41) is 21.0. The van der Waals surface area contributed by atoms with Crippen LogP contribution in [0.3, 0.4) is 0 Å². The van der Waals surface area contributed by atoms with Crippen molar-refractivity contribution < 1.29 is 4.79 Å². The van der Waals surface area contributed by atoms with Crippen LogP contribution < -0.4 is 5.32 Å². The number of aryl methyl sites for hydroxylation is 2. The molecule has 6 nitrogen and oxygen atoms in total. The van der Waals surface area contributed by atoms with Gasteiger partial charge in [-0.2, -0.15) is 5.26 Å². The van der Waals surface area contributed by atoms with Gasteiger partial charge in [0, 0.05) is 19.7 Å². The number of aromatic nitrogens is 3. The Bertz CT molecular complexity index is 667. The number of nitrogens with one attached hydrogen (secondary N) is 1. The summed E-state index contributed by atoms with van der Waals surface area (Å²) in [5.41, 5.74) is 0.884. The van der Waals surface area contributed by atoms with Gasteiger partial charge in [0.15, 0.2) is 0 Å². The van der Waals surface area contributed by atoms with Crippen molar-refractivity contribution in [3.8, 4) is 6.07 Å². The first-order valence-electron chi connectivity index (χ1n) is 6.84. The molecule has 0 spiro atoms. The van der Waals surface area contributed by atoms with Crippen LogP contribution in [0.15, 0.2) is 12.3 Å². The number of carbonyl (C=O) groups is 1. The molecular weight excluding hydrogens is 286 g/mol. The minimum Gasteiger partial charge on any atom is -0.345 e. The van der Waals surface area contributed by atoms with Crippen LogP contribution in [-0.4, -0.2) is 20.7 Å². The summed E-state index contributed by atoms with van der Waals surface area (Å²) in [6, 6.07) is 3.57. The largest absolute Gasteiger partial charge is 0.345 e. The minimum absolute atomic E-state index is 0.282. The molecule has 0 saturated heterocycles. The van der Waals surface area contributed by atoms with Crippen molar-refractivity contribution in [2.24, 2.45) is 7.05 Å². The highest BCUT2D eigenvalue weighted by Crippen LogP contribution is 2.18. The van der Waals surface area contributed by atoms with E-state index in [1.54, 1.807) is 23.9 Å². The van der Waals surface area contributed by atoms with Crippen LogP contribution in [0.1, 0.15) is 47.2 Å². The van der Waals surface area contributed by atoms with E-state index < -0.39 is 0 Å². The van der Waals surface area contributed by atoms with Gasteiger partial charge < -0.3 is 4.57 Å². The molecule has 0 aliphatic heterocycles. The lowest BCUT2D eigenvalue weighted by molar-refractivity contribution is 0.101. The second-order valence-corrected chi connectivity index (χ2v) is 5.81. The van der Waals surface area contributed by atoms with E-state index in [-0.39, 0.29) is 5.91 Å². The molecule has 1 N–H and O–H groups in total. The summed E-state index contributed by atoms with van der Waals surface area (Å²) in [4.78, 5) is 12.1. The first-order chi connectivity index (χ1) is 10.1. The third kappa shape index (κ3) is 3.89. The predicted octanol–water partition coefficient (Wildman–Crippen LogP) is 2.73. The maximum Gasteiger partial charge on any atom is 0.274 e. The number of nitrogens with zero attached hydrogens (tertiary/aromatic N) is 4. The molecule has 0 saturated carbocycles. The Kier molecular flexibility index (Phi) is 5.06. The van der Waals surface area contributed by atoms with Crippen molar-refractivity contribution in [3.05, 3.63) is 28.5 Å². The Morgan fingerprint density at radius 2 is 2.29 bits per heavy atom. The quantitative estimate of drug-likeness (QED) is 0.832. The zero-order chi connectivity index (χ0) is 15.2. The van der Waals surface area contributed by atoms with E-state index in [1.165, 1.54) is 17.8 Å². The van der Waals surface area contributed by atoms with Gasteiger partial charge in [-0.1, -0.05) is 31.1 Å². The summed E-state index contributed by atoms with van der Waals surface area (Å²) >= 11 is 1.40. The molecule has 7 heteroatoms. The Morgan fingerprint density at radius 1 is 1.48 bits per heavy atom. The number of hydrogen-bond donors (Lipinski definition) is 1. The van der Waals surface area contributed by atoms with Gasteiger partial charge in [-0.05, 0) is 12.5 Å². The lowest BCUT2D eigenvalue weighted by atomic mass is 10.2. The normalized spacial score (nSPS) is 10.3. The van der Waals surface area contributed by atoms with Gasteiger partial charge in [-0.25, -0.2) is 0 Å². The monoisotopic (exact) mass is 303 g/mol. The van der Waals surface area contributed by atoms with E-state index in [0.717, 1.165) is 24.3 Å². The molecule has 0 aromatic carbocycles. The van der Waals surface area contributed by atoms with Crippen molar-refractivity contribution >= 4 is 22.4 Å². The summed E-state index contributed by atoms with van der Waals surface area (Å²) < 4.78 is 1.62. The number of anilines is 1. The molecule has 2 heterocycles. The molecule has 0 atom stereocenters. The number of nitriles is 1. The molecule has 1 amide bonds. The number of carbonyl (C=O) groups excluding carboxylic acids is 1. The fourth-order valence-electron chi connectivity index (χ4n) is 1.94. The Balaban J connectivity index is 1.99. The number of amides is 1. The molecule has 0 unspecified atom stereocenters. The summed E-state index contributed by atoms with van der Waals surface area (Å²) in [6.45, 7) is 2.15. The summed E-state index contributed by atoms with van der Waals surface area (Å²) in [5.74, 6) is -0.282. The van der Waals surface area contributed by atoms with Crippen LogP contribution in [0.25, 0.3) is 0 Å². The van der Waals surface area contributed by atoms with Gasteiger partial charge in [0.2, 0.25) is 5.13 Å². The van der Waals surface area contributed by atoms with Gasteiger partial charge in [0.05, 0.1) is 5.56 Å². The molecule has 2 aromatic heterocycles. The summed E-state index contributed by atoms with van der Waals surface area (Å²) in [6.07, 6.45) is 5.93. The van der Waals surface area contributed by atoms with Crippen LogP contribution in [0.2, 0.25) is 0 Å². The molecule has 2 aromatic rings. The highest BCUT2D eigenvalue weighted by atomic mass is 32.1. The van der Waals surface area contributed by atoms with Gasteiger partial charge >= 0.3 is 0 Å². The van der Waals surface area contributed by atoms with Gasteiger partial charge in [-0.15, -0.1) is 10.2 Å². The lowest BCUT2D eigenvalue weighted by Crippen LogP contribution is -2.15. The average Bonchev–Trinajstić information content (AvgIpc) is 3.05. The molecule has 0 aliphatic carbocycles. The topological polar surface area (TPSA) is 83.6 Å². The Morgan fingerprint density at radius 3 is 2.95 bits per heavy atom. The van der Waals surface area contributed by atoms with Crippen molar-refractivity contribution in [1.29, 1.82) is 5.26 Å². The van der Waals surface area contributed by atoms with Crippen LogP contribution in [0.5, 0.6) is 0 Å². The van der Waals surface area contributed by atoms with E-state index in [1.807, 2.05) is 6.07 Å². The van der Waals surface area contributed by atoms with Gasteiger partial charge in [0.25, 0.3) is 5.91 Å². The molecule has 0 radical (unpaired) electrons. The zero-order valence-electron chi connectivity index (χ0n) is 12.1. The molecular formula is C14H17N5OS. The van der Waals surface area contributed by atoms with E-state index in [4.69, 9.17) is 5.26 Å². The standard InChI is InChI=1S/C14H17N5OS/c1-3-4-5-6-12-17-18-14(21-12)16-13(20)11-7-10(8-15)9-19(11)2/h7,9H,3-6H2,1-2H3,(H,16,18,20). The number of rotatable bonds is 6. The molecule has 2 rings (SSSR count). The Hall–Kier alpha value is -2.20. The lowest BCUT2D eigenvalue weighted by Gasteiger charge is -2.01. The maximum absolute atomic E-state index is 12.1. The van der Waals surface area contributed by atoms with E-state index >= 15 is 0 Å². The third-order valence-electron chi connectivity index (χ3n) is 3.05. The first kappa shape index (κ1) is 15.2. The first-order valence-corrected chi connectivity index (χ1v) is 7.66.